The third-order valence-electron chi connectivity index (χ3n) is 6.01. The standard InChI is InChI=1S/C27H27N3O4/c1-29(2)23(22-10-6-7-11-24(22)34-3)16-28-25(31)19-14-12-18(13-15-19)17-30-26(32)20-8-4-5-9-21(20)27(30)33/h4-15,23H,16-17H2,1-3H3,(H,28,31)/t23-/m1/s1. The number of hydrogen-bond acceptors (Lipinski definition) is 5. The Morgan fingerprint density at radius 2 is 1.50 bits per heavy atom. The van der Waals surface area contributed by atoms with Crippen LogP contribution in [0.5, 0.6) is 5.75 Å². The quantitative estimate of drug-likeness (QED) is 0.524. The van der Waals surface area contributed by atoms with Gasteiger partial charge in [-0.25, -0.2) is 0 Å². The van der Waals surface area contributed by atoms with Crippen molar-refractivity contribution in [2.24, 2.45) is 0 Å². The molecule has 1 aliphatic heterocycles. The third kappa shape index (κ3) is 4.56. The number of benzene rings is 3. The lowest BCUT2D eigenvalue weighted by atomic mass is 10.0. The minimum absolute atomic E-state index is 0.0619. The number of likely N-dealkylation sites (N-methyl/N-ethyl adjacent to an activating group) is 1. The van der Waals surface area contributed by atoms with Crippen molar-refractivity contribution in [1.82, 2.24) is 15.1 Å². The lowest BCUT2D eigenvalue weighted by molar-refractivity contribution is 0.0641. The first kappa shape index (κ1) is 23.2. The van der Waals surface area contributed by atoms with Crippen LogP contribution < -0.4 is 10.1 Å². The van der Waals surface area contributed by atoms with E-state index in [1.54, 1.807) is 55.6 Å². The van der Waals surface area contributed by atoms with Crippen molar-refractivity contribution in [3.05, 3.63) is 101 Å². The van der Waals surface area contributed by atoms with E-state index in [1.165, 1.54) is 4.90 Å². The van der Waals surface area contributed by atoms with E-state index >= 15 is 0 Å². The number of nitrogens with one attached hydrogen (secondary N) is 1. The van der Waals surface area contributed by atoms with Gasteiger partial charge >= 0.3 is 0 Å². The molecule has 0 saturated carbocycles. The van der Waals surface area contributed by atoms with Gasteiger partial charge in [0.1, 0.15) is 5.75 Å². The van der Waals surface area contributed by atoms with E-state index in [0.29, 0.717) is 23.2 Å². The highest BCUT2D eigenvalue weighted by Crippen LogP contribution is 2.27. The molecule has 174 valence electrons. The first-order chi connectivity index (χ1) is 16.4. The first-order valence-corrected chi connectivity index (χ1v) is 11.0. The van der Waals surface area contributed by atoms with Gasteiger partial charge in [-0.2, -0.15) is 0 Å². The molecule has 0 saturated heterocycles. The molecular weight excluding hydrogens is 430 g/mol. The fraction of sp³-hybridized carbons (Fsp3) is 0.222. The summed E-state index contributed by atoms with van der Waals surface area (Å²) < 4.78 is 5.48. The number of para-hydroxylation sites is 1. The number of amides is 3. The van der Waals surface area contributed by atoms with E-state index in [0.717, 1.165) is 16.9 Å². The molecule has 1 atom stereocenters. The molecule has 0 bridgehead atoms. The van der Waals surface area contributed by atoms with Crippen molar-refractivity contribution < 1.29 is 19.1 Å². The molecule has 0 spiro atoms. The van der Waals surface area contributed by atoms with Crippen LogP contribution in [0.4, 0.5) is 0 Å². The van der Waals surface area contributed by atoms with Gasteiger partial charge in [0, 0.05) is 17.7 Å². The fourth-order valence-electron chi connectivity index (χ4n) is 4.13. The van der Waals surface area contributed by atoms with Crippen molar-refractivity contribution in [2.45, 2.75) is 12.6 Å². The van der Waals surface area contributed by atoms with Crippen molar-refractivity contribution in [2.75, 3.05) is 27.7 Å². The van der Waals surface area contributed by atoms with Crippen LogP contribution >= 0.6 is 0 Å². The predicted octanol–water partition coefficient (Wildman–Crippen LogP) is 3.52. The summed E-state index contributed by atoms with van der Waals surface area (Å²) in [4.78, 5) is 41.2. The molecule has 0 aliphatic carbocycles. The minimum Gasteiger partial charge on any atom is -0.496 e. The maximum atomic E-state index is 12.8. The third-order valence-corrected chi connectivity index (χ3v) is 6.01. The summed E-state index contributed by atoms with van der Waals surface area (Å²) in [6.45, 7) is 0.563. The summed E-state index contributed by atoms with van der Waals surface area (Å²) in [5.74, 6) is -0.0241. The van der Waals surface area contributed by atoms with Crippen molar-refractivity contribution in [3.8, 4) is 5.75 Å². The number of carbonyl (C=O) groups is 3. The molecule has 7 heteroatoms. The minimum atomic E-state index is -0.298. The number of methoxy groups -OCH3 is 1. The van der Waals surface area contributed by atoms with E-state index in [9.17, 15) is 14.4 Å². The number of fused-ring (bicyclic) bond motifs is 1. The van der Waals surface area contributed by atoms with E-state index < -0.39 is 0 Å². The summed E-state index contributed by atoms with van der Waals surface area (Å²) in [5.41, 5.74) is 3.12. The average molecular weight is 458 g/mol. The van der Waals surface area contributed by atoms with Gasteiger partial charge < -0.3 is 15.0 Å². The van der Waals surface area contributed by atoms with E-state index in [-0.39, 0.29) is 30.3 Å². The van der Waals surface area contributed by atoms with Crippen LogP contribution in [-0.2, 0) is 6.54 Å². The van der Waals surface area contributed by atoms with Gasteiger partial charge in [0.25, 0.3) is 17.7 Å². The van der Waals surface area contributed by atoms with Crippen LogP contribution in [0.2, 0.25) is 0 Å². The molecule has 0 fully saturated rings. The lowest BCUT2D eigenvalue weighted by Gasteiger charge is -2.26. The molecule has 7 nitrogen and oxygen atoms in total. The second-order valence-corrected chi connectivity index (χ2v) is 8.37. The predicted molar refractivity (Wildman–Crippen MR) is 129 cm³/mol. The zero-order chi connectivity index (χ0) is 24.2. The zero-order valence-electron chi connectivity index (χ0n) is 19.4. The second kappa shape index (κ2) is 9.89. The van der Waals surface area contributed by atoms with Crippen molar-refractivity contribution >= 4 is 17.7 Å². The van der Waals surface area contributed by atoms with Crippen LogP contribution in [0.25, 0.3) is 0 Å². The highest BCUT2D eigenvalue weighted by molar-refractivity contribution is 6.21. The van der Waals surface area contributed by atoms with Crippen molar-refractivity contribution in [3.63, 3.8) is 0 Å². The van der Waals surface area contributed by atoms with Gasteiger partial charge in [-0.05, 0) is 50.0 Å². The second-order valence-electron chi connectivity index (χ2n) is 8.37. The largest absolute Gasteiger partial charge is 0.496 e. The number of rotatable bonds is 8. The molecule has 0 unspecified atom stereocenters. The molecule has 1 aliphatic rings. The molecule has 3 amide bonds. The van der Waals surface area contributed by atoms with Gasteiger partial charge in [-0.3, -0.25) is 19.3 Å². The maximum absolute atomic E-state index is 12.8. The molecular formula is C27H27N3O4. The molecule has 4 rings (SSSR count). The Bertz CT molecular complexity index is 1190. The van der Waals surface area contributed by atoms with Gasteiger partial charge in [-0.1, -0.05) is 42.5 Å². The summed E-state index contributed by atoms with van der Waals surface area (Å²) in [5, 5.41) is 2.99. The maximum Gasteiger partial charge on any atom is 0.261 e. The van der Waals surface area contributed by atoms with Crippen LogP contribution in [0.3, 0.4) is 0 Å². The first-order valence-electron chi connectivity index (χ1n) is 11.0. The monoisotopic (exact) mass is 457 g/mol. The Labute approximate surface area is 198 Å². The Morgan fingerprint density at radius 3 is 2.09 bits per heavy atom. The summed E-state index contributed by atoms with van der Waals surface area (Å²) >= 11 is 0. The van der Waals surface area contributed by atoms with Gasteiger partial charge in [0.05, 0.1) is 30.8 Å². The highest BCUT2D eigenvalue weighted by atomic mass is 16.5. The van der Waals surface area contributed by atoms with E-state index in [1.807, 2.05) is 43.3 Å². The summed E-state index contributed by atoms with van der Waals surface area (Å²) in [6.07, 6.45) is 0. The molecule has 1 heterocycles. The number of carbonyl (C=O) groups excluding carboxylic acids is 3. The molecule has 3 aromatic carbocycles. The fourth-order valence-corrected chi connectivity index (χ4v) is 4.13. The Morgan fingerprint density at radius 1 is 0.912 bits per heavy atom. The summed E-state index contributed by atoms with van der Waals surface area (Å²) in [6, 6.07) is 21.4. The average Bonchev–Trinajstić information content (AvgIpc) is 3.09. The van der Waals surface area contributed by atoms with Crippen LogP contribution in [0, 0.1) is 0 Å². The van der Waals surface area contributed by atoms with Crippen molar-refractivity contribution in [1.29, 1.82) is 0 Å². The molecule has 1 N–H and O–H groups in total. The van der Waals surface area contributed by atoms with Gasteiger partial charge in [0.2, 0.25) is 0 Å². The summed E-state index contributed by atoms with van der Waals surface area (Å²) in [7, 11) is 5.54. The van der Waals surface area contributed by atoms with E-state index in [4.69, 9.17) is 4.74 Å². The molecule has 0 aromatic heterocycles. The lowest BCUT2D eigenvalue weighted by Crippen LogP contribution is -2.34. The SMILES string of the molecule is COc1ccccc1[C@@H](CNC(=O)c1ccc(CN2C(=O)c3ccccc3C2=O)cc1)N(C)C. The molecule has 0 radical (unpaired) electrons. The topological polar surface area (TPSA) is 79.0 Å². The van der Waals surface area contributed by atoms with Gasteiger partial charge in [0.15, 0.2) is 0 Å². The van der Waals surface area contributed by atoms with Crippen LogP contribution in [0.15, 0.2) is 72.8 Å². The number of ether oxygens (including phenoxy) is 1. The van der Waals surface area contributed by atoms with E-state index in [2.05, 4.69) is 5.32 Å². The van der Waals surface area contributed by atoms with Crippen LogP contribution in [0.1, 0.15) is 48.2 Å². The van der Waals surface area contributed by atoms with Gasteiger partial charge in [-0.15, -0.1) is 0 Å². The van der Waals surface area contributed by atoms with Crippen LogP contribution in [-0.4, -0.2) is 55.3 Å². The smallest absolute Gasteiger partial charge is 0.261 e. The normalized spacial score (nSPS) is 13.7. The number of imide groups is 1. The number of hydrogen-bond donors (Lipinski definition) is 1. The number of nitrogens with zero attached hydrogens (tertiary/aromatic N) is 2. The molecule has 34 heavy (non-hydrogen) atoms. The Kier molecular flexibility index (Phi) is 6.75. The molecule has 3 aromatic rings. The highest BCUT2D eigenvalue weighted by Gasteiger charge is 2.34. The Hall–Kier alpha value is -3.97. The Balaban J connectivity index is 1.40. The zero-order valence-corrected chi connectivity index (χ0v) is 19.4.